The average molecular weight is 391 g/mol. The third-order valence-corrected chi connectivity index (χ3v) is 4.79. The maximum Gasteiger partial charge on any atom is 0.123 e. The summed E-state index contributed by atoms with van der Waals surface area (Å²) in [5.41, 5.74) is 8.86. The summed E-state index contributed by atoms with van der Waals surface area (Å²) in [4.78, 5) is 0. The lowest BCUT2D eigenvalue weighted by Gasteiger charge is -2.14. The Balaban J connectivity index is 2.30. The van der Waals surface area contributed by atoms with Crippen LogP contribution in [0.4, 0.5) is 4.39 Å². The molecule has 1 unspecified atom stereocenters. The summed E-state index contributed by atoms with van der Waals surface area (Å²) in [7, 11) is 1.88. The van der Waals surface area contributed by atoms with Crippen molar-refractivity contribution in [3.05, 3.63) is 49.9 Å². The first-order chi connectivity index (χ1) is 8.90. The molecule has 0 aliphatic rings. The van der Waals surface area contributed by atoms with Gasteiger partial charge in [0.25, 0.3) is 0 Å². The number of hydrogen-bond donors (Lipinski definition) is 1. The van der Waals surface area contributed by atoms with Crippen molar-refractivity contribution >= 4 is 31.9 Å². The molecule has 2 N–H and O–H groups in total. The van der Waals surface area contributed by atoms with Gasteiger partial charge in [0.15, 0.2) is 0 Å². The summed E-state index contributed by atoms with van der Waals surface area (Å²) in [5.74, 6) is -0.283. The van der Waals surface area contributed by atoms with E-state index in [1.165, 1.54) is 12.1 Å². The van der Waals surface area contributed by atoms with Gasteiger partial charge in [-0.15, -0.1) is 0 Å². The van der Waals surface area contributed by atoms with Crippen molar-refractivity contribution < 1.29 is 4.39 Å². The first-order valence-electron chi connectivity index (χ1n) is 5.78. The van der Waals surface area contributed by atoms with Crippen LogP contribution in [0.25, 0.3) is 0 Å². The van der Waals surface area contributed by atoms with Gasteiger partial charge in [-0.05, 0) is 46.6 Å². The Bertz CT molecular complexity index is 610. The van der Waals surface area contributed by atoms with Crippen molar-refractivity contribution in [1.29, 1.82) is 0 Å². The average Bonchev–Trinajstić information content (AvgIpc) is 2.59. The number of rotatable bonds is 3. The highest BCUT2D eigenvalue weighted by Gasteiger charge is 2.17. The third-order valence-electron chi connectivity index (χ3n) is 3.03. The van der Waals surface area contributed by atoms with E-state index in [2.05, 4.69) is 37.0 Å². The highest BCUT2D eigenvalue weighted by Crippen LogP contribution is 2.28. The van der Waals surface area contributed by atoms with Gasteiger partial charge in [0.2, 0.25) is 0 Å². The molecule has 0 bridgehead atoms. The first kappa shape index (κ1) is 14.7. The fourth-order valence-electron chi connectivity index (χ4n) is 2.02. The second kappa shape index (κ2) is 5.73. The van der Waals surface area contributed by atoms with E-state index >= 15 is 0 Å². The SMILES string of the molecule is Cc1nn(C)c(CC(N)c2cc(F)ccc2Br)c1Br. The molecule has 0 aliphatic carbocycles. The summed E-state index contributed by atoms with van der Waals surface area (Å²) >= 11 is 6.92. The van der Waals surface area contributed by atoms with Gasteiger partial charge in [-0.2, -0.15) is 5.10 Å². The molecule has 0 aliphatic heterocycles. The number of benzene rings is 1. The molecule has 3 nitrogen and oxygen atoms in total. The Hall–Kier alpha value is -0.720. The summed E-state index contributed by atoms with van der Waals surface area (Å²) in [5, 5.41) is 4.33. The van der Waals surface area contributed by atoms with E-state index in [0.717, 1.165) is 25.9 Å². The number of nitrogens with zero attached hydrogens (tertiary/aromatic N) is 2. The Morgan fingerprint density at radius 3 is 2.68 bits per heavy atom. The minimum absolute atomic E-state index is 0.283. The fourth-order valence-corrected chi connectivity index (χ4v) is 3.06. The van der Waals surface area contributed by atoms with E-state index < -0.39 is 0 Å². The van der Waals surface area contributed by atoms with Crippen LogP contribution in [0.1, 0.15) is 23.0 Å². The van der Waals surface area contributed by atoms with E-state index in [-0.39, 0.29) is 11.9 Å². The van der Waals surface area contributed by atoms with Crippen LogP contribution in [0.5, 0.6) is 0 Å². The van der Waals surface area contributed by atoms with Crippen LogP contribution in [0.15, 0.2) is 27.1 Å². The molecular formula is C13H14Br2FN3. The molecule has 0 fully saturated rings. The number of nitrogens with two attached hydrogens (primary N) is 1. The Kier molecular flexibility index (Phi) is 4.43. The van der Waals surface area contributed by atoms with E-state index in [1.807, 2.05) is 14.0 Å². The molecule has 0 radical (unpaired) electrons. The number of aromatic nitrogens is 2. The zero-order chi connectivity index (χ0) is 14.2. The molecule has 1 heterocycles. The van der Waals surface area contributed by atoms with Crippen LogP contribution in [0, 0.1) is 12.7 Å². The monoisotopic (exact) mass is 389 g/mol. The maximum absolute atomic E-state index is 13.3. The highest BCUT2D eigenvalue weighted by molar-refractivity contribution is 9.10. The van der Waals surface area contributed by atoms with Gasteiger partial charge in [-0.3, -0.25) is 4.68 Å². The summed E-state index contributed by atoms with van der Waals surface area (Å²) in [6.45, 7) is 1.93. The van der Waals surface area contributed by atoms with Crippen LogP contribution in [-0.4, -0.2) is 9.78 Å². The van der Waals surface area contributed by atoms with Gasteiger partial charge in [-0.25, -0.2) is 4.39 Å². The van der Waals surface area contributed by atoms with Crippen molar-refractivity contribution in [3.63, 3.8) is 0 Å². The Labute approximate surface area is 128 Å². The molecule has 0 saturated heterocycles. The number of aryl methyl sites for hydroxylation is 2. The smallest absolute Gasteiger partial charge is 0.123 e. The minimum atomic E-state index is -0.295. The molecular weight excluding hydrogens is 377 g/mol. The second-order valence-corrected chi connectivity index (χ2v) is 6.09. The predicted octanol–water partition coefficient (Wildman–Crippen LogP) is 3.64. The van der Waals surface area contributed by atoms with Crippen molar-refractivity contribution in [3.8, 4) is 0 Å². The molecule has 0 amide bonds. The fraction of sp³-hybridized carbons (Fsp3) is 0.308. The lowest BCUT2D eigenvalue weighted by molar-refractivity contribution is 0.608. The van der Waals surface area contributed by atoms with Gasteiger partial charge in [0.05, 0.1) is 15.9 Å². The van der Waals surface area contributed by atoms with Crippen LogP contribution in [0.3, 0.4) is 0 Å². The van der Waals surface area contributed by atoms with E-state index in [9.17, 15) is 4.39 Å². The van der Waals surface area contributed by atoms with Crippen molar-refractivity contribution in [1.82, 2.24) is 9.78 Å². The Morgan fingerprint density at radius 2 is 2.11 bits per heavy atom. The molecule has 1 aromatic carbocycles. The van der Waals surface area contributed by atoms with Gasteiger partial charge in [0.1, 0.15) is 5.82 Å². The molecule has 102 valence electrons. The summed E-state index contributed by atoms with van der Waals surface area (Å²) in [6.07, 6.45) is 0.583. The van der Waals surface area contributed by atoms with E-state index in [1.54, 1.807) is 10.7 Å². The minimum Gasteiger partial charge on any atom is -0.324 e. The summed E-state index contributed by atoms with van der Waals surface area (Å²) < 4.78 is 16.9. The molecule has 2 rings (SSSR count). The van der Waals surface area contributed by atoms with Crippen molar-refractivity contribution in [2.75, 3.05) is 0 Å². The van der Waals surface area contributed by atoms with Crippen molar-refractivity contribution in [2.45, 2.75) is 19.4 Å². The zero-order valence-corrected chi connectivity index (χ0v) is 13.8. The largest absolute Gasteiger partial charge is 0.324 e. The standard InChI is InChI=1S/C13H14Br2FN3/c1-7-13(15)12(19(2)18-7)6-11(17)9-5-8(16)3-4-10(9)14/h3-5,11H,6,17H2,1-2H3. The summed E-state index contributed by atoms with van der Waals surface area (Å²) in [6, 6.07) is 4.25. The van der Waals surface area contributed by atoms with Gasteiger partial charge in [0, 0.05) is 24.0 Å². The molecule has 19 heavy (non-hydrogen) atoms. The van der Waals surface area contributed by atoms with E-state index in [4.69, 9.17) is 5.73 Å². The van der Waals surface area contributed by atoms with Crippen molar-refractivity contribution in [2.24, 2.45) is 12.8 Å². The zero-order valence-electron chi connectivity index (χ0n) is 10.6. The molecule has 0 saturated carbocycles. The molecule has 6 heteroatoms. The van der Waals surface area contributed by atoms with Crippen LogP contribution >= 0.6 is 31.9 Å². The van der Waals surface area contributed by atoms with Gasteiger partial charge in [-0.1, -0.05) is 15.9 Å². The third kappa shape index (κ3) is 3.07. The normalized spacial score (nSPS) is 12.7. The Morgan fingerprint density at radius 1 is 1.42 bits per heavy atom. The van der Waals surface area contributed by atoms with E-state index in [0.29, 0.717) is 6.42 Å². The van der Waals surface area contributed by atoms with Gasteiger partial charge < -0.3 is 5.73 Å². The second-order valence-electron chi connectivity index (χ2n) is 4.45. The van der Waals surface area contributed by atoms with Gasteiger partial charge >= 0.3 is 0 Å². The topological polar surface area (TPSA) is 43.8 Å². The number of hydrogen-bond acceptors (Lipinski definition) is 2. The highest BCUT2D eigenvalue weighted by atomic mass is 79.9. The first-order valence-corrected chi connectivity index (χ1v) is 7.37. The lowest BCUT2D eigenvalue weighted by Crippen LogP contribution is -2.16. The van der Waals surface area contributed by atoms with Crippen LogP contribution in [-0.2, 0) is 13.5 Å². The molecule has 0 spiro atoms. The maximum atomic E-state index is 13.3. The van der Waals surface area contributed by atoms with Crippen LogP contribution in [0.2, 0.25) is 0 Å². The molecule has 1 aromatic heterocycles. The quantitative estimate of drug-likeness (QED) is 0.869. The molecule has 1 atom stereocenters. The predicted molar refractivity (Wildman–Crippen MR) is 80.4 cm³/mol. The molecule has 2 aromatic rings. The number of halogens is 3. The lowest BCUT2D eigenvalue weighted by atomic mass is 10.0. The van der Waals surface area contributed by atoms with Crippen LogP contribution < -0.4 is 5.73 Å².